The van der Waals surface area contributed by atoms with Gasteiger partial charge < -0.3 is 14.8 Å². The van der Waals surface area contributed by atoms with Crippen LogP contribution in [0.4, 0.5) is 27.6 Å². The van der Waals surface area contributed by atoms with Gasteiger partial charge in [0, 0.05) is 13.7 Å². The average Bonchev–Trinajstić information content (AvgIpc) is 2.45. The topological polar surface area (TPSA) is 30.5 Å². The molecular weight excluding hydrogens is 297 g/mol. The van der Waals surface area contributed by atoms with Crippen LogP contribution in [0.1, 0.15) is 13.3 Å². The molecule has 0 heterocycles. The Morgan fingerprint density at radius 3 is 2.00 bits per heavy atom. The molecule has 3 nitrogen and oxygen atoms in total. The predicted octanol–water partition coefficient (Wildman–Crippen LogP) is 2.99. The first-order valence-electron chi connectivity index (χ1n) is 6.34. The molecule has 1 aromatic carbocycles. The van der Waals surface area contributed by atoms with Gasteiger partial charge in [0.15, 0.2) is 23.3 Å². The minimum atomic E-state index is -2.18. The van der Waals surface area contributed by atoms with Crippen LogP contribution in [0.25, 0.3) is 0 Å². The Bertz CT molecular complexity index is 511. The molecule has 3 atom stereocenters. The Hall–Kier alpha value is -1.41. The van der Waals surface area contributed by atoms with Crippen molar-refractivity contribution in [3.05, 3.63) is 29.1 Å². The second-order valence-electron chi connectivity index (χ2n) is 4.63. The molecule has 3 unspecified atom stereocenters. The molecule has 1 saturated carbocycles. The number of hydrogen-bond donors (Lipinski definition) is 1. The fraction of sp³-hybridized carbons (Fsp3) is 0.538. The molecule has 1 aliphatic carbocycles. The molecule has 118 valence electrons. The Balaban J connectivity index is 2.22. The first kappa shape index (κ1) is 16.0. The fourth-order valence-corrected chi connectivity index (χ4v) is 2.33. The number of hydrogen-bond acceptors (Lipinski definition) is 3. The summed E-state index contributed by atoms with van der Waals surface area (Å²) >= 11 is 0. The minimum Gasteiger partial charge on any atom is -0.377 e. The van der Waals surface area contributed by atoms with Crippen LogP contribution >= 0.6 is 0 Å². The van der Waals surface area contributed by atoms with Gasteiger partial charge in [0.1, 0.15) is 11.8 Å². The van der Waals surface area contributed by atoms with Crippen LogP contribution in [0, 0.1) is 29.1 Å². The number of nitrogens with one attached hydrogen (secondary N) is 1. The molecule has 0 spiro atoms. The second-order valence-corrected chi connectivity index (χ2v) is 4.63. The van der Waals surface area contributed by atoms with Gasteiger partial charge in [-0.2, -0.15) is 0 Å². The molecule has 2 rings (SSSR count). The van der Waals surface area contributed by atoms with Crippen LogP contribution in [0.2, 0.25) is 0 Å². The monoisotopic (exact) mass is 311 g/mol. The fourth-order valence-electron chi connectivity index (χ4n) is 2.33. The highest BCUT2D eigenvalue weighted by Crippen LogP contribution is 2.33. The minimum absolute atomic E-state index is 0.279. The van der Waals surface area contributed by atoms with Gasteiger partial charge in [-0.3, -0.25) is 0 Å². The molecule has 0 saturated heterocycles. The standard InChI is InChI=1S/C13H14F5NO2/c1-3-21-6-4-5(13(6)20-2)19-12-10(17)8(15)7(14)9(16)11(12)18/h5-6,13,19H,3-4H2,1-2H3. The van der Waals surface area contributed by atoms with Crippen molar-refractivity contribution < 1.29 is 31.4 Å². The lowest BCUT2D eigenvalue weighted by atomic mass is 9.85. The van der Waals surface area contributed by atoms with E-state index in [0.717, 1.165) is 0 Å². The number of anilines is 1. The molecule has 0 radical (unpaired) electrons. The molecule has 0 bridgehead atoms. The molecule has 0 aliphatic heterocycles. The van der Waals surface area contributed by atoms with Gasteiger partial charge in [0.05, 0.1) is 12.1 Å². The van der Waals surface area contributed by atoms with E-state index in [1.807, 2.05) is 0 Å². The summed E-state index contributed by atoms with van der Waals surface area (Å²) in [4.78, 5) is 0. The van der Waals surface area contributed by atoms with Crippen molar-refractivity contribution >= 4 is 5.69 Å². The zero-order chi connectivity index (χ0) is 15.7. The van der Waals surface area contributed by atoms with Crippen LogP contribution in [-0.2, 0) is 9.47 Å². The number of rotatable bonds is 5. The maximum absolute atomic E-state index is 13.5. The Morgan fingerprint density at radius 2 is 1.52 bits per heavy atom. The van der Waals surface area contributed by atoms with Crippen molar-refractivity contribution in [2.75, 3.05) is 19.0 Å². The van der Waals surface area contributed by atoms with Gasteiger partial charge in [-0.15, -0.1) is 0 Å². The zero-order valence-electron chi connectivity index (χ0n) is 11.4. The SMILES string of the molecule is CCOC1CC(Nc2c(F)c(F)c(F)c(F)c2F)C1OC. The molecule has 0 amide bonds. The first-order valence-corrected chi connectivity index (χ1v) is 6.34. The third-order valence-electron chi connectivity index (χ3n) is 3.44. The Labute approximate surface area is 118 Å². The summed E-state index contributed by atoms with van der Waals surface area (Å²) in [5.41, 5.74) is -1.05. The summed E-state index contributed by atoms with van der Waals surface area (Å²) < 4.78 is 76.6. The van der Waals surface area contributed by atoms with Crippen LogP contribution < -0.4 is 5.32 Å². The molecule has 1 N–H and O–H groups in total. The lowest BCUT2D eigenvalue weighted by Gasteiger charge is -2.43. The molecule has 1 fully saturated rings. The van der Waals surface area contributed by atoms with Gasteiger partial charge in [-0.1, -0.05) is 0 Å². The number of methoxy groups -OCH3 is 1. The van der Waals surface area contributed by atoms with Crippen molar-refractivity contribution in [1.82, 2.24) is 0 Å². The molecule has 8 heteroatoms. The molecule has 21 heavy (non-hydrogen) atoms. The van der Waals surface area contributed by atoms with E-state index in [1.54, 1.807) is 6.92 Å². The highest BCUT2D eigenvalue weighted by atomic mass is 19.2. The summed E-state index contributed by atoms with van der Waals surface area (Å²) in [5, 5.41) is 2.31. The van der Waals surface area contributed by atoms with Gasteiger partial charge in [-0.25, -0.2) is 22.0 Å². The quantitative estimate of drug-likeness (QED) is 0.515. The van der Waals surface area contributed by atoms with Crippen molar-refractivity contribution in [2.24, 2.45) is 0 Å². The smallest absolute Gasteiger partial charge is 0.200 e. The largest absolute Gasteiger partial charge is 0.377 e. The van der Waals surface area contributed by atoms with Crippen LogP contribution in [0.3, 0.4) is 0 Å². The van der Waals surface area contributed by atoms with Gasteiger partial charge in [-0.05, 0) is 13.3 Å². The van der Waals surface area contributed by atoms with Crippen molar-refractivity contribution in [3.63, 3.8) is 0 Å². The summed E-state index contributed by atoms with van der Waals surface area (Å²) in [6.07, 6.45) is -0.468. The lowest BCUT2D eigenvalue weighted by molar-refractivity contribution is -0.118. The van der Waals surface area contributed by atoms with E-state index in [2.05, 4.69) is 5.32 Å². The maximum atomic E-state index is 13.5. The first-order chi connectivity index (χ1) is 9.92. The predicted molar refractivity (Wildman–Crippen MR) is 64.5 cm³/mol. The molecule has 1 aliphatic rings. The molecule has 0 aromatic heterocycles. The van der Waals surface area contributed by atoms with E-state index in [9.17, 15) is 22.0 Å². The van der Waals surface area contributed by atoms with Crippen LogP contribution in [0.15, 0.2) is 0 Å². The van der Waals surface area contributed by atoms with E-state index in [4.69, 9.17) is 9.47 Å². The average molecular weight is 311 g/mol. The van der Waals surface area contributed by atoms with Gasteiger partial charge in [0.25, 0.3) is 0 Å². The van der Waals surface area contributed by atoms with E-state index in [1.165, 1.54) is 7.11 Å². The third kappa shape index (κ3) is 2.69. The van der Waals surface area contributed by atoms with Crippen molar-refractivity contribution in [3.8, 4) is 0 Å². The van der Waals surface area contributed by atoms with Crippen LogP contribution in [0.5, 0.6) is 0 Å². The maximum Gasteiger partial charge on any atom is 0.200 e. The molecule has 1 aromatic rings. The number of benzene rings is 1. The van der Waals surface area contributed by atoms with E-state index >= 15 is 0 Å². The zero-order valence-corrected chi connectivity index (χ0v) is 11.4. The summed E-state index contributed by atoms with van der Waals surface area (Å²) in [7, 11) is 1.38. The van der Waals surface area contributed by atoms with Crippen LogP contribution in [-0.4, -0.2) is 32.0 Å². The lowest BCUT2D eigenvalue weighted by Crippen LogP contribution is -2.57. The summed E-state index contributed by atoms with van der Waals surface area (Å²) in [6, 6.07) is -0.597. The van der Waals surface area contributed by atoms with Crippen molar-refractivity contribution in [1.29, 1.82) is 0 Å². The number of ether oxygens (including phenoxy) is 2. The second kappa shape index (κ2) is 6.15. The number of halogens is 5. The van der Waals surface area contributed by atoms with Gasteiger partial charge >= 0.3 is 0 Å². The normalized spacial score (nSPS) is 24.8. The van der Waals surface area contributed by atoms with Gasteiger partial charge in [0.2, 0.25) is 5.82 Å². The highest BCUT2D eigenvalue weighted by molar-refractivity contribution is 5.49. The third-order valence-corrected chi connectivity index (χ3v) is 3.44. The summed E-state index contributed by atoms with van der Waals surface area (Å²) in [6.45, 7) is 2.21. The summed E-state index contributed by atoms with van der Waals surface area (Å²) in [5.74, 6) is -9.92. The van der Waals surface area contributed by atoms with Crippen molar-refractivity contribution in [2.45, 2.75) is 31.6 Å². The van der Waals surface area contributed by atoms with E-state index < -0.39 is 46.9 Å². The van der Waals surface area contributed by atoms with E-state index in [0.29, 0.717) is 13.0 Å². The Morgan fingerprint density at radius 1 is 1.00 bits per heavy atom. The Kier molecular flexibility index (Phi) is 4.67. The molecular formula is C13H14F5NO2. The van der Waals surface area contributed by atoms with E-state index in [-0.39, 0.29) is 6.10 Å². The highest BCUT2D eigenvalue weighted by Gasteiger charge is 2.43.